The van der Waals surface area contributed by atoms with Gasteiger partial charge in [0.25, 0.3) is 0 Å². The predicted octanol–water partition coefficient (Wildman–Crippen LogP) is 0.563. The minimum Gasteiger partial charge on any atom is -0.384 e. The lowest BCUT2D eigenvalue weighted by molar-refractivity contribution is 1.33. The van der Waals surface area contributed by atoms with Gasteiger partial charge in [0, 0.05) is 11.1 Å². The van der Waals surface area contributed by atoms with Crippen molar-refractivity contribution in [3.63, 3.8) is 0 Å². The molecule has 0 atom stereocenters. The number of benzene rings is 1. The minimum atomic E-state index is -0.0612. The van der Waals surface area contributed by atoms with Gasteiger partial charge in [-0.15, -0.1) is 0 Å². The van der Waals surface area contributed by atoms with Crippen LogP contribution in [0.3, 0.4) is 0 Å². The summed E-state index contributed by atoms with van der Waals surface area (Å²) in [7, 11) is 0. The van der Waals surface area contributed by atoms with Gasteiger partial charge in [0.15, 0.2) is 0 Å². The van der Waals surface area contributed by atoms with Gasteiger partial charge in [-0.1, -0.05) is 18.2 Å². The van der Waals surface area contributed by atoms with Gasteiger partial charge in [0.05, 0.1) is 0 Å². The summed E-state index contributed by atoms with van der Waals surface area (Å²) in [5, 5.41) is 14.6. The van der Waals surface area contributed by atoms with Crippen LogP contribution in [0.2, 0.25) is 0 Å². The quantitative estimate of drug-likeness (QED) is 0.391. The van der Waals surface area contributed by atoms with Crippen molar-refractivity contribution < 1.29 is 0 Å². The minimum absolute atomic E-state index is 0.0525. The van der Waals surface area contributed by atoms with E-state index in [2.05, 4.69) is 0 Å². The van der Waals surface area contributed by atoms with Crippen molar-refractivity contribution in [2.75, 3.05) is 0 Å². The van der Waals surface area contributed by atoms with E-state index in [1.54, 1.807) is 12.1 Å². The smallest absolute Gasteiger partial charge is 0.123 e. The van der Waals surface area contributed by atoms with Crippen molar-refractivity contribution >= 4 is 11.7 Å². The second kappa shape index (κ2) is 3.26. The Labute approximate surface area is 76.6 Å². The molecule has 6 N–H and O–H groups in total. The number of nitrogen functional groups attached to an aromatic ring is 2. The first kappa shape index (κ1) is 9.25. The number of amidine groups is 2. The second-order valence-corrected chi connectivity index (χ2v) is 2.82. The van der Waals surface area contributed by atoms with Crippen molar-refractivity contribution in [3.05, 3.63) is 34.9 Å². The molecule has 4 nitrogen and oxygen atoms in total. The molecular weight excluding hydrogens is 164 g/mol. The molecule has 0 aliphatic carbocycles. The largest absolute Gasteiger partial charge is 0.384 e. The third-order valence-corrected chi connectivity index (χ3v) is 1.83. The van der Waals surface area contributed by atoms with Crippen LogP contribution in [0.1, 0.15) is 16.7 Å². The molecule has 0 heterocycles. The molecule has 0 fully saturated rings. The van der Waals surface area contributed by atoms with Crippen LogP contribution in [0.25, 0.3) is 0 Å². The van der Waals surface area contributed by atoms with E-state index in [1.807, 2.05) is 13.0 Å². The highest BCUT2D eigenvalue weighted by atomic mass is 14.7. The maximum atomic E-state index is 7.34. The maximum Gasteiger partial charge on any atom is 0.123 e. The summed E-state index contributed by atoms with van der Waals surface area (Å²) in [5.41, 5.74) is 12.7. The van der Waals surface area contributed by atoms with Gasteiger partial charge in [0.1, 0.15) is 11.7 Å². The van der Waals surface area contributed by atoms with E-state index in [1.165, 1.54) is 0 Å². The molecule has 0 saturated heterocycles. The van der Waals surface area contributed by atoms with Crippen LogP contribution in [-0.4, -0.2) is 11.7 Å². The fraction of sp³-hybridized carbons (Fsp3) is 0.111. The van der Waals surface area contributed by atoms with Crippen molar-refractivity contribution in [2.45, 2.75) is 6.92 Å². The van der Waals surface area contributed by atoms with Gasteiger partial charge < -0.3 is 11.5 Å². The average molecular weight is 176 g/mol. The zero-order chi connectivity index (χ0) is 10.0. The number of rotatable bonds is 2. The first-order valence-corrected chi connectivity index (χ1v) is 3.82. The highest BCUT2D eigenvalue weighted by Crippen LogP contribution is 2.12. The molecule has 0 aromatic heterocycles. The summed E-state index contributed by atoms with van der Waals surface area (Å²) in [5.74, 6) is -0.114. The Balaban J connectivity index is 3.43. The van der Waals surface area contributed by atoms with Gasteiger partial charge in [-0.05, 0) is 12.5 Å². The third kappa shape index (κ3) is 1.66. The zero-order valence-electron chi connectivity index (χ0n) is 7.39. The van der Waals surface area contributed by atoms with E-state index in [9.17, 15) is 0 Å². The van der Waals surface area contributed by atoms with Gasteiger partial charge in [0.2, 0.25) is 0 Å². The lowest BCUT2D eigenvalue weighted by Gasteiger charge is -2.09. The van der Waals surface area contributed by atoms with Crippen LogP contribution >= 0.6 is 0 Å². The second-order valence-electron chi connectivity index (χ2n) is 2.82. The number of aryl methyl sites for hydroxylation is 1. The van der Waals surface area contributed by atoms with Gasteiger partial charge in [-0.25, -0.2) is 0 Å². The summed E-state index contributed by atoms with van der Waals surface area (Å²) >= 11 is 0. The molecule has 0 saturated carbocycles. The number of hydrogen-bond donors (Lipinski definition) is 4. The summed E-state index contributed by atoms with van der Waals surface area (Å²) in [6.45, 7) is 1.84. The molecule has 1 aromatic rings. The van der Waals surface area contributed by atoms with Crippen molar-refractivity contribution in [1.82, 2.24) is 0 Å². The van der Waals surface area contributed by atoms with Gasteiger partial charge in [-0.2, -0.15) is 0 Å². The molecule has 0 aliphatic rings. The molecular formula is C9H12N4. The Kier molecular flexibility index (Phi) is 2.32. The predicted molar refractivity (Wildman–Crippen MR) is 53.2 cm³/mol. The Bertz CT molecular complexity index is 368. The van der Waals surface area contributed by atoms with Crippen LogP contribution in [0, 0.1) is 17.7 Å². The third-order valence-electron chi connectivity index (χ3n) is 1.83. The average Bonchev–Trinajstić information content (AvgIpc) is 2.02. The molecule has 0 unspecified atom stereocenters. The molecule has 1 rings (SSSR count). The van der Waals surface area contributed by atoms with Crippen molar-refractivity contribution in [1.29, 1.82) is 10.8 Å². The fourth-order valence-corrected chi connectivity index (χ4v) is 1.25. The van der Waals surface area contributed by atoms with Crippen molar-refractivity contribution in [2.24, 2.45) is 11.5 Å². The molecule has 0 bridgehead atoms. The Hall–Kier alpha value is -1.84. The van der Waals surface area contributed by atoms with Crippen LogP contribution in [0.15, 0.2) is 18.2 Å². The van der Waals surface area contributed by atoms with Crippen LogP contribution < -0.4 is 11.5 Å². The Morgan fingerprint density at radius 3 is 2.15 bits per heavy atom. The van der Waals surface area contributed by atoms with E-state index in [-0.39, 0.29) is 11.7 Å². The van der Waals surface area contributed by atoms with Crippen LogP contribution in [-0.2, 0) is 0 Å². The molecule has 0 radical (unpaired) electrons. The number of hydrogen-bond acceptors (Lipinski definition) is 2. The Morgan fingerprint density at radius 2 is 1.77 bits per heavy atom. The SMILES string of the molecule is Cc1cccc(C(=N)N)c1C(=N)N. The van der Waals surface area contributed by atoms with Crippen molar-refractivity contribution in [3.8, 4) is 0 Å². The summed E-state index contributed by atoms with van der Waals surface area (Å²) in [6.07, 6.45) is 0. The molecule has 68 valence electrons. The van der Waals surface area contributed by atoms with Gasteiger partial charge in [-0.3, -0.25) is 10.8 Å². The summed E-state index contributed by atoms with van der Waals surface area (Å²) in [6, 6.07) is 5.31. The first-order valence-electron chi connectivity index (χ1n) is 3.82. The molecule has 0 aliphatic heterocycles. The highest BCUT2D eigenvalue weighted by Gasteiger charge is 2.09. The van der Waals surface area contributed by atoms with Crippen LogP contribution in [0.5, 0.6) is 0 Å². The normalized spacial score (nSPS) is 9.62. The first-order chi connectivity index (χ1) is 6.04. The van der Waals surface area contributed by atoms with Crippen LogP contribution in [0.4, 0.5) is 0 Å². The van der Waals surface area contributed by atoms with E-state index in [0.29, 0.717) is 11.1 Å². The van der Waals surface area contributed by atoms with E-state index in [0.717, 1.165) is 5.56 Å². The zero-order valence-corrected chi connectivity index (χ0v) is 7.39. The maximum absolute atomic E-state index is 7.34. The summed E-state index contributed by atoms with van der Waals surface area (Å²) < 4.78 is 0. The van der Waals surface area contributed by atoms with Gasteiger partial charge >= 0.3 is 0 Å². The number of nitrogens with one attached hydrogen (secondary N) is 2. The topological polar surface area (TPSA) is 99.7 Å². The Morgan fingerprint density at radius 1 is 1.15 bits per heavy atom. The van der Waals surface area contributed by atoms with E-state index < -0.39 is 0 Å². The standard InChI is InChI=1S/C9H12N4/c1-5-3-2-4-6(8(10)11)7(5)9(12)13/h2-4H,1H3,(H3,10,11)(H3,12,13). The monoisotopic (exact) mass is 176 g/mol. The molecule has 4 heteroatoms. The molecule has 13 heavy (non-hydrogen) atoms. The van der Waals surface area contributed by atoms with E-state index >= 15 is 0 Å². The summed E-state index contributed by atoms with van der Waals surface area (Å²) in [4.78, 5) is 0. The van der Waals surface area contributed by atoms with E-state index in [4.69, 9.17) is 22.3 Å². The number of nitrogens with two attached hydrogens (primary N) is 2. The molecule has 0 amide bonds. The lowest BCUT2D eigenvalue weighted by atomic mass is 10.0. The fourth-order valence-electron chi connectivity index (χ4n) is 1.25. The highest BCUT2D eigenvalue weighted by molar-refractivity contribution is 6.08. The molecule has 0 spiro atoms. The lowest BCUT2D eigenvalue weighted by Crippen LogP contribution is -2.21. The molecule has 1 aromatic carbocycles.